The Balaban J connectivity index is 1.71. The molecule has 1 aromatic carbocycles. The van der Waals surface area contributed by atoms with Gasteiger partial charge in [0.15, 0.2) is 0 Å². The Morgan fingerprint density at radius 3 is 2.65 bits per heavy atom. The molecule has 0 atom stereocenters. The Morgan fingerprint density at radius 1 is 1.23 bits per heavy atom. The number of hydrogen-bond acceptors (Lipinski definition) is 6. The van der Waals surface area contributed by atoms with Crippen molar-refractivity contribution in [3.8, 4) is 11.3 Å². The first-order valence-electron chi connectivity index (χ1n) is 7.76. The molecule has 26 heavy (non-hydrogen) atoms. The number of urea groups is 1. The van der Waals surface area contributed by atoms with Crippen LogP contribution in [-0.2, 0) is 9.59 Å². The number of amides is 4. The quantitative estimate of drug-likeness (QED) is 0.644. The molecule has 2 aromatic rings. The summed E-state index contributed by atoms with van der Waals surface area (Å²) in [5.41, 5.74) is 5.95. The summed E-state index contributed by atoms with van der Waals surface area (Å²) in [5.74, 6) is -0.840. The topological polar surface area (TPSA) is 109 Å². The first-order valence-corrected chi connectivity index (χ1v) is 7.76. The van der Waals surface area contributed by atoms with E-state index >= 15 is 0 Å². The van der Waals surface area contributed by atoms with Gasteiger partial charge in [-0.2, -0.15) is 10.0 Å². The molecule has 134 valence electrons. The number of hydrogen-bond donors (Lipinski definition) is 1. The molecule has 2 heterocycles. The first-order chi connectivity index (χ1) is 12.5. The molecule has 0 spiro atoms. The highest BCUT2D eigenvalue weighted by Gasteiger charge is 2.40. The predicted octanol–water partition coefficient (Wildman–Crippen LogP) is 1.56. The maximum atomic E-state index is 13.0. The van der Waals surface area contributed by atoms with Gasteiger partial charge in [0.2, 0.25) is 5.91 Å². The molecule has 2 N–H and O–H groups in total. The molecule has 0 saturated carbocycles. The molecule has 0 unspecified atom stereocenters. The fourth-order valence-electron chi connectivity index (χ4n) is 2.38. The SMILES string of the molecule is NCCC(=O)N1C(=O)CN(N=Cc2ccc(-c3ccc(F)cc3)o2)C1=O. The number of furan rings is 1. The van der Waals surface area contributed by atoms with Crippen LogP contribution in [0, 0.1) is 5.82 Å². The van der Waals surface area contributed by atoms with Gasteiger partial charge in [0, 0.05) is 18.5 Å². The number of benzene rings is 1. The molecule has 0 radical (unpaired) electrons. The Hall–Kier alpha value is -3.33. The highest BCUT2D eigenvalue weighted by molar-refractivity contribution is 6.15. The van der Waals surface area contributed by atoms with Gasteiger partial charge in [-0.25, -0.2) is 14.2 Å². The maximum absolute atomic E-state index is 13.0. The fourth-order valence-corrected chi connectivity index (χ4v) is 2.38. The fraction of sp³-hybridized carbons (Fsp3) is 0.176. The molecule has 9 heteroatoms. The minimum absolute atomic E-state index is 0.0394. The number of nitrogens with zero attached hydrogens (tertiary/aromatic N) is 3. The van der Waals surface area contributed by atoms with Crippen molar-refractivity contribution < 1.29 is 23.2 Å². The van der Waals surface area contributed by atoms with Crippen LogP contribution >= 0.6 is 0 Å². The summed E-state index contributed by atoms with van der Waals surface area (Å²) in [6.07, 6.45) is 1.16. The molecule has 1 aliphatic heterocycles. The van der Waals surface area contributed by atoms with E-state index in [9.17, 15) is 18.8 Å². The van der Waals surface area contributed by atoms with E-state index in [2.05, 4.69) is 5.10 Å². The van der Waals surface area contributed by atoms with Gasteiger partial charge in [-0.15, -0.1) is 0 Å². The minimum Gasteiger partial charge on any atom is -0.455 e. The molecular weight excluding hydrogens is 343 g/mol. The monoisotopic (exact) mass is 358 g/mol. The number of halogens is 1. The second kappa shape index (κ2) is 7.28. The van der Waals surface area contributed by atoms with Gasteiger partial charge in [0.1, 0.15) is 23.9 Å². The van der Waals surface area contributed by atoms with E-state index in [1.54, 1.807) is 24.3 Å². The Morgan fingerprint density at radius 2 is 1.96 bits per heavy atom. The van der Waals surface area contributed by atoms with Crippen molar-refractivity contribution in [3.63, 3.8) is 0 Å². The van der Waals surface area contributed by atoms with Crippen molar-refractivity contribution in [1.82, 2.24) is 9.91 Å². The highest BCUT2D eigenvalue weighted by atomic mass is 19.1. The third kappa shape index (κ3) is 3.52. The van der Waals surface area contributed by atoms with Gasteiger partial charge < -0.3 is 10.2 Å². The molecule has 0 bridgehead atoms. The number of rotatable bonds is 5. The molecule has 1 aromatic heterocycles. The van der Waals surface area contributed by atoms with Crippen LogP contribution in [0.1, 0.15) is 12.2 Å². The Bertz CT molecular complexity index is 875. The lowest BCUT2D eigenvalue weighted by molar-refractivity contribution is -0.138. The van der Waals surface area contributed by atoms with Crippen LogP contribution in [-0.4, -0.2) is 47.1 Å². The first kappa shape index (κ1) is 17.5. The summed E-state index contributed by atoms with van der Waals surface area (Å²) >= 11 is 0. The van der Waals surface area contributed by atoms with E-state index in [4.69, 9.17) is 10.2 Å². The molecule has 1 saturated heterocycles. The second-order valence-electron chi connectivity index (χ2n) is 5.46. The number of hydrazone groups is 1. The summed E-state index contributed by atoms with van der Waals surface area (Å²) < 4.78 is 18.5. The van der Waals surface area contributed by atoms with E-state index in [1.807, 2.05) is 0 Å². The molecular formula is C17H15FN4O4. The average Bonchev–Trinajstić information content (AvgIpc) is 3.18. The van der Waals surface area contributed by atoms with Crippen LogP contribution in [0.3, 0.4) is 0 Å². The van der Waals surface area contributed by atoms with Crippen molar-refractivity contribution in [3.05, 3.63) is 48.0 Å². The molecule has 3 rings (SSSR count). The molecule has 4 amide bonds. The number of carbonyl (C=O) groups excluding carboxylic acids is 3. The van der Waals surface area contributed by atoms with E-state index in [1.165, 1.54) is 18.3 Å². The van der Waals surface area contributed by atoms with Gasteiger partial charge in [-0.05, 0) is 36.4 Å². The summed E-state index contributed by atoms with van der Waals surface area (Å²) in [6.45, 7) is -0.297. The zero-order valence-corrected chi connectivity index (χ0v) is 13.6. The van der Waals surface area contributed by atoms with Crippen LogP contribution in [0.4, 0.5) is 9.18 Å². The third-order valence-electron chi connectivity index (χ3n) is 3.63. The van der Waals surface area contributed by atoms with Crippen LogP contribution in [0.15, 0.2) is 45.9 Å². The minimum atomic E-state index is -0.824. The van der Waals surface area contributed by atoms with Crippen LogP contribution in [0.25, 0.3) is 11.3 Å². The van der Waals surface area contributed by atoms with E-state index in [0.717, 1.165) is 5.01 Å². The maximum Gasteiger partial charge on any atom is 0.354 e. The lowest BCUT2D eigenvalue weighted by Gasteiger charge is -2.11. The van der Waals surface area contributed by atoms with Crippen molar-refractivity contribution in [2.45, 2.75) is 6.42 Å². The standard InChI is InChI=1S/C17H15FN4O4/c18-12-3-1-11(2-4-12)14-6-5-13(26-14)9-20-21-10-16(24)22(17(21)25)15(23)7-8-19/h1-6,9H,7-8,10,19H2. The van der Waals surface area contributed by atoms with Gasteiger partial charge >= 0.3 is 6.03 Å². The van der Waals surface area contributed by atoms with Crippen molar-refractivity contribution in [1.29, 1.82) is 0 Å². The van der Waals surface area contributed by atoms with Crippen molar-refractivity contribution in [2.24, 2.45) is 10.8 Å². The van der Waals surface area contributed by atoms with Crippen molar-refractivity contribution in [2.75, 3.05) is 13.1 Å². The number of imide groups is 3. The Labute approximate surface area is 147 Å². The summed E-state index contributed by atoms with van der Waals surface area (Å²) in [6, 6.07) is 8.22. The predicted molar refractivity (Wildman–Crippen MR) is 89.3 cm³/mol. The molecule has 0 aliphatic carbocycles. The lowest BCUT2D eigenvalue weighted by atomic mass is 10.2. The number of nitrogens with two attached hydrogens (primary N) is 1. The van der Waals surface area contributed by atoms with Crippen LogP contribution < -0.4 is 5.73 Å². The van der Waals surface area contributed by atoms with E-state index < -0.39 is 17.8 Å². The molecule has 1 aliphatic rings. The summed E-state index contributed by atoms with van der Waals surface area (Å²) in [5, 5.41) is 4.77. The van der Waals surface area contributed by atoms with Crippen LogP contribution in [0.5, 0.6) is 0 Å². The Kier molecular flexibility index (Phi) is 4.90. The van der Waals surface area contributed by atoms with E-state index in [-0.39, 0.29) is 25.3 Å². The molecule has 1 fully saturated rings. The van der Waals surface area contributed by atoms with Gasteiger partial charge in [-0.3, -0.25) is 9.59 Å². The highest BCUT2D eigenvalue weighted by Crippen LogP contribution is 2.22. The van der Waals surface area contributed by atoms with Gasteiger partial charge in [0.05, 0.1) is 6.21 Å². The van der Waals surface area contributed by atoms with E-state index in [0.29, 0.717) is 22.0 Å². The second-order valence-corrected chi connectivity index (χ2v) is 5.46. The third-order valence-corrected chi connectivity index (χ3v) is 3.63. The van der Waals surface area contributed by atoms with Gasteiger partial charge in [-0.1, -0.05) is 0 Å². The van der Waals surface area contributed by atoms with Gasteiger partial charge in [0.25, 0.3) is 5.91 Å². The normalized spacial score (nSPS) is 14.7. The van der Waals surface area contributed by atoms with Crippen molar-refractivity contribution >= 4 is 24.1 Å². The molecule has 8 nitrogen and oxygen atoms in total. The smallest absolute Gasteiger partial charge is 0.354 e. The lowest BCUT2D eigenvalue weighted by Crippen LogP contribution is -2.38. The largest absolute Gasteiger partial charge is 0.455 e. The zero-order valence-electron chi connectivity index (χ0n) is 13.6. The zero-order chi connectivity index (χ0) is 18.7. The number of carbonyl (C=O) groups is 3. The van der Waals surface area contributed by atoms with Crippen LogP contribution in [0.2, 0.25) is 0 Å². The summed E-state index contributed by atoms with van der Waals surface area (Å²) in [7, 11) is 0. The average molecular weight is 358 g/mol. The summed E-state index contributed by atoms with van der Waals surface area (Å²) in [4.78, 5) is 36.2.